The van der Waals surface area contributed by atoms with Gasteiger partial charge in [-0.25, -0.2) is 0 Å². The molecule has 0 rings (SSSR count). The lowest BCUT2D eigenvalue weighted by molar-refractivity contribution is 0.0399. The van der Waals surface area contributed by atoms with Crippen LogP contribution in [0.1, 0.15) is 65.2 Å². The number of hydrogen-bond acceptors (Lipinski definition) is 2. The first kappa shape index (κ1) is 17.9. The van der Waals surface area contributed by atoms with Gasteiger partial charge in [-0.2, -0.15) is 0 Å². The molecule has 0 radical (unpaired) electrons. The van der Waals surface area contributed by atoms with Crippen molar-refractivity contribution in [2.75, 3.05) is 34.4 Å². The monoisotopic (exact) mass is 257 g/mol. The van der Waals surface area contributed by atoms with Gasteiger partial charge in [0.2, 0.25) is 0 Å². The molecule has 0 aromatic heterocycles. The van der Waals surface area contributed by atoms with E-state index in [0.29, 0.717) is 5.41 Å². The zero-order chi connectivity index (χ0) is 13.9. The number of methoxy groups -OCH3 is 1. The van der Waals surface area contributed by atoms with Crippen molar-refractivity contribution >= 4 is 0 Å². The van der Waals surface area contributed by atoms with Crippen LogP contribution in [0.3, 0.4) is 0 Å². The molecule has 0 aliphatic heterocycles. The molecule has 0 aliphatic rings. The Morgan fingerprint density at radius 3 is 2.00 bits per heavy atom. The molecule has 0 bridgehead atoms. The highest BCUT2D eigenvalue weighted by Crippen LogP contribution is 2.32. The molecule has 0 aliphatic carbocycles. The van der Waals surface area contributed by atoms with E-state index >= 15 is 0 Å². The number of hydrogen-bond donors (Lipinski definition) is 0. The van der Waals surface area contributed by atoms with E-state index in [1.54, 1.807) is 0 Å². The van der Waals surface area contributed by atoms with E-state index in [0.717, 1.165) is 13.2 Å². The minimum Gasteiger partial charge on any atom is -0.384 e. The Morgan fingerprint density at radius 2 is 1.50 bits per heavy atom. The van der Waals surface area contributed by atoms with E-state index in [1.807, 2.05) is 7.11 Å². The van der Waals surface area contributed by atoms with E-state index in [2.05, 4.69) is 32.8 Å². The van der Waals surface area contributed by atoms with Gasteiger partial charge in [0.25, 0.3) is 0 Å². The van der Waals surface area contributed by atoms with Crippen LogP contribution >= 0.6 is 0 Å². The third-order valence-corrected chi connectivity index (χ3v) is 3.72. The normalized spacial score (nSPS) is 15.0. The molecule has 0 fully saturated rings. The van der Waals surface area contributed by atoms with Crippen LogP contribution < -0.4 is 0 Å². The van der Waals surface area contributed by atoms with Crippen molar-refractivity contribution < 1.29 is 4.74 Å². The van der Waals surface area contributed by atoms with Gasteiger partial charge in [-0.3, -0.25) is 0 Å². The van der Waals surface area contributed by atoms with Crippen LogP contribution in [-0.4, -0.2) is 39.3 Å². The van der Waals surface area contributed by atoms with Gasteiger partial charge in [0.1, 0.15) is 0 Å². The first-order valence-corrected chi connectivity index (χ1v) is 7.74. The van der Waals surface area contributed by atoms with Crippen molar-refractivity contribution in [2.24, 2.45) is 5.41 Å². The van der Waals surface area contributed by atoms with E-state index < -0.39 is 0 Å². The van der Waals surface area contributed by atoms with E-state index in [9.17, 15) is 0 Å². The lowest BCUT2D eigenvalue weighted by Gasteiger charge is -2.36. The number of ether oxygens (including phenoxy) is 1. The van der Waals surface area contributed by atoms with Crippen LogP contribution in [0.25, 0.3) is 0 Å². The highest BCUT2D eigenvalue weighted by molar-refractivity contribution is 4.81. The lowest BCUT2D eigenvalue weighted by Crippen LogP contribution is -2.37. The van der Waals surface area contributed by atoms with Gasteiger partial charge in [-0.15, -0.1) is 0 Å². The molecular formula is C16H35NO. The van der Waals surface area contributed by atoms with Crippen LogP contribution in [0.2, 0.25) is 0 Å². The van der Waals surface area contributed by atoms with Gasteiger partial charge in [-0.05, 0) is 26.9 Å². The molecule has 1 unspecified atom stereocenters. The molecule has 2 heteroatoms. The molecule has 0 heterocycles. The summed E-state index contributed by atoms with van der Waals surface area (Å²) in [5.41, 5.74) is 0.377. The van der Waals surface area contributed by atoms with Gasteiger partial charge >= 0.3 is 0 Å². The third-order valence-electron chi connectivity index (χ3n) is 3.72. The Kier molecular flexibility index (Phi) is 10.8. The second-order valence-corrected chi connectivity index (χ2v) is 6.09. The molecule has 0 spiro atoms. The Balaban J connectivity index is 4.39. The van der Waals surface area contributed by atoms with Crippen molar-refractivity contribution in [1.82, 2.24) is 4.90 Å². The molecule has 1 atom stereocenters. The Morgan fingerprint density at radius 1 is 0.889 bits per heavy atom. The Hall–Kier alpha value is -0.0800. The average molecular weight is 257 g/mol. The maximum Gasteiger partial charge on any atom is 0.0530 e. The standard InChI is InChI=1S/C16H35NO/c1-6-8-10-11-13-16(15-18-5,12-9-7-2)14-17(3)4/h6-15H2,1-5H3. The van der Waals surface area contributed by atoms with Crippen LogP contribution in [0.5, 0.6) is 0 Å². The summed E-state index contributed by atoms with van der Waals surface area (Å²) in [5, 5.41) is 0. The quantitative estimate of drug-likeness (QED) is 0.482. The Bertz CT molecular complexity index is 182. The predicted molar refractivity (Wildman–Crippen MR) is 81.1 cm³/mol. The fourth-order valence-corrected chi connectivity index (χ4v) is 2.93. The van der Waals surface area contributed by atoms with Crippen LogP contribution in [-0.2, 0) is 4.74 Å². The van der Waals surface area contributed by atoms with Gasteiger partial charge < -0.3 is 9.64 Å². The van der Waals surface area contributed by atoms with Crippen molar-refractivity contribution in [3.8, 4) is 0 Å². The summed E-state index contributed by atoms with van der Waals surface area (Å²) in [6, 6.07) is 0. The topological polar surface area (TPSA) is 12.5 Å². The fraction of sp³-hybridized carbons (Fsp3) is 1.00. The van der Waals surface area contributed by atoms with Crippen LogP contribution in [0.15, 0.2) is 0 Å². The average Bonchev–Trinajstić information content (AvgIpc) is 2.32. The largest absolute Gasteiger partial charge is 0.384 e. The van der Waals surface area contributed by atoms with Crippen LogP contribution in [0.4, 0.5) is 0 Å². The molecule has 0 aromatic rings. The van der Waals surface area contributed by atoms with E-state index in [4.69, 9.17) is 4.74 Å². The van der Waals surface area contributed by atoms with E-state index in [-0.39, 0.29) is 0 Å². The second kappa shape index (κ2) is 10.8. The minimum absolute atomic E-state index is 0.377. The van der Waals surface area contributed by atoms with Crippen molar-refractivity contribution in [1.29, 1.82) is 0 Å². The SMILES string of the molecule is CCCCCCC(CCCC)(COC)CN(C)C. The maximum atomic E-state index is 5.54. The van der Waals surface area contributed by atoms with Crippen molar-refractivity contribution in [3.63, 3.8) is 0 Å². The summed E-state index contributed by atoms with van der Waals surface area (Å²) < 4.78 is 5.54. The molecule has 0 amide bonds. The first-order chi connectivity index (χ1) is 8.60. The molecule has 0 N–H and O–H groups in total. The van der Waals surface area contributed by atoms with Gasteiger partial charge in [0, 0.05) is 19.1 Å². The maximum absolute atomic E-state index is 5.54. The lowest BCUT2D eigenvalue weighted by atomic mass is 9.78. The summed E-state index contributed by atoms with van der Waals surface area (Å²) in [5.74, 6) is 0. The summed E-state index contributed by atoms with van der Waals surface area (Å²) >= 11 is 0. The molecule has 0 aromatic carbocycles. The summed E-state index contributed by atoms with van der Waals surface area (Å²) in [6.07, 6.45) is 10.7. The molecule has 0 saturated carbocycles. The molecule has 2 nitrogen and oxygen atoms in total. The second-order valence-electron chi connectivity index (χ2n) is 6.09. The van der Waals surface area contributed by atoms with Gasteiger partial charge in [0.05, 0.1) is 6.61 Å². The number of nitrogens with zero attached hydrogens (tertiary/aromatic N) is 1. The first-order valence-electron chi connectivity index (χ1n) is 7.74. The summed E-state index contributed by atoms with van der Waals surface area (Å²) in [7, 11) is 6.22. The summed E-state index contributed by atoms with van der Waals surface area (Å²) in [4.78, 5) is 2.33. The van der Waals surface area contributed by atoms with Crippen molar-refractivity contribution in [3.05, 3.63) is 0 Å². The Labute approximate surface area is 115 Å². The fourth-order valence-electron chi connectivity index (χ4n) is 2.93. The third kappa shape index (κ3) is 8.10. The van der Waals surface area contributed by atoms with Crippen molar-refractivity contribution in [2.45, 2.75) is 65.2 Å². The predicted octanol–water partition coefficient (Wildman–Crippen LogP) is 4.34. The number of unbranched alkanes of at least 4 members (excludes halogenated alkanes) is 4. The molecular weight excluding hydrogens is 222 g/mol. The highest BCUT2D eigenvalue weighted by Gasteiger charge is 2.29. The minimum atomic E-state index is 0.377. The zero-order valence-electron chi connectivity index (χ0n) is 13.4. The van der Waals surface area contributed by atoms with E-state index in [1.165, 1.54) is 51.4 Å². The zero-order valence-corrected chi connectivity index (χ0v) is 13.4. The molecule has 18 heavy (non-hydrogen) atoms. The molecule has 0 saturated heterocycles. The number of rotatable bonds is 12. The van der Waals surface area contributed by atoms with Crippen LogP contribution in [0, 0.1) is 5.41 Å². The van der Waals surface area contributed by atoms with Gasteiger partial charge in [-0.1, -0.05) is 52.4 Å². The summed E-state index contributed by atoms with van der Waals surface area (Å²) in [6.45, 7) is 6.63. The smallest absolute Gasteiger partial charge is 0.0530 e. The van der Waals surface area contributed by atoms with Gasteiger partial charge in [0.15, 0.2) is 0 Å². The molecule has 110 valence electrons. The highest BCUT2D eigenvalue weighted by atomic mass is 16.5.